The number of methoxy groups -OCH3 is 1. The number of carbonyl (C=O) groups excluding carboxylic acids is 1. The van der Waals surface area contributed by atoms with E-state index >= 15 is 0 Å². The summed E-state index contributed by atoms with van der Waals surface area (Å²) in [6.45, 7) is 8.70. The average molecular weight is 329 g/mol. The third-order valence-electron chi connectivity index (χ3n) is 3.67. The number of ether oxygens (including phenoxy) is 1. The molecule has 6 heteroatoms. The molecule has 2 N–H and O–H groups in total. The number of nitrogens with one attached hydrogen (secondary N) is 2. The maximum Gasteiger partial charge on any atom is 0.271 e. The average Bonchev–Trinajstić information content (AvgIpc) is 2.51. The van der Waals surface area contributed by atoms with Crippen molar-refractivity contribution < 1.29 is 9.53 Å². The molecule has 0 atom stereocenters. The van der Waals surface area contributed by atoms with E-state index in [1.807, 2.05) is 13.0 Å². The molecule has 0 aliphatic carbocycles. The highest BCUT2D eigenvalue weighted by Crippen LogP contribution is 2.35. The monoisotopic (exact) mass is 329 g/mol. The highest BCUT2D eigenvalue weighted by molar-refractivity contribution is 5.91. The zero-order valence-corrected chi connectivity index (χ0v) is 14.7. The van der Waals surface area contributed by atoms with Crippen LogP contribution in [0, 0.1) is 6.92 Å². The molecule has 128 valence electrons. The number of nitrogens with zero attached hydrogens (tertiary/aromatic N) is 1. The fourth-order valence-electron chi connectivity index (χ4n) is 2.51. The van der Waals surface area contributed by atoms with Crippen LogP contribution in [0.3, 0.4) is 0 Å². The second-order valence-corrected chi connectivity index (χ2v) is 6.74. The Morgan fingerprint density at radius 1 is 1.29 bits per heavy atom. The molecule has 24 heavy (non-hydrogen) atoms. The molecular formula is C18H23N3O3. The molecule has 1 aromatic heterocycles. The summed E-state index contributed by atoms with van der Waals surface area (Å²) in [5, 5.41) is 8.79. The summed E-state index contributed by atoms with van der Waals surface area (Å²) in [5.74, 6) is 0.426. The molecule has 0 saturated heterocycles. The first-order valence-corrected chi connectivity index (χ1v) is 7.74. The van der Waals surface area contributed by atoms with Crippen LogP contribution < -0.4 is 15.6 Å². The summed E-state index contributed by atoms with van der Waals surface area (Å²) >= 11 is 0. The highest BCUT2D eigenvalue weighted by Gasteiger charge is 2.22. The first-order chi connectivity index (χ1) is 11.2. The van der Waals surface area contributed by atoms with Crippen LogP contribution in [0.4, 0.5) is 0 Å². The Kier molecular flexibility index (Phi) is 5.07. The summed E-state index contributed by atoms with van der Waals surface area (Å²) < 4.78 is 5.60. The molecule has 0 aliphatic heterocycles. The van der Waals surface area contributed by atoms with Gasteiger partial charge in [-0.1, -0.05) is 38.5 Å². The van der Waals surface area contributed by atoms with E-state index in [4.69, 9.17) is 4.74 Å². The van der Waals surface area contributed by atoms with Crippen molar-refractivity contribution in [2.75, 3.05) is 7.11 Å². The van der Waals surface area contributed by atoms with Crippen molar-refractivity contribution in [2.45, 2.75) is 39.7 Å². The maximum absolute atomic E-state index is 12.2. The number of hydrogen-bond acceptors (Lipinski definition) is 4. The molecule has 1 amide bonds. The lowest BCUT2D eigenvalue weighted by molar-refractivity contribution is 0.0944. The first-order valence-electron chi connectivity index (χ1n) is 7.74. The summed E-state index contributed by atoms with van der Waals surface area (Å²) in [5.41, 5.74) is 2.85. The Bertz CT molecular complexity index is 784. The van der Waals surface area contributed by atoms with Gasteiger partial charge in [-0.15, -0.1) is 0 Å². The number of amides is 1. The zero-order chi connectivity index (χ0) is 17.9. The van der Waals surface area contributed by atoms with Crippen LogP contribution in [0.1, 0.15) is 48.0 Å². The molecule has 6 nitrogen and oxygen atoms in total. The van der Waals surface area contributed by atoms with E-state index in [9.17, 15) is 9.59 Å². The Hall–Kier alpha value is -2.63. The molecule has 2 aromatic rings. The first kappa shape index (κ1) is 17.7. The van der Waals surface area contributed by atoms with Gasteiger partial charge in [-0.05, 0) is 18.4 Å². The Morgan fingerprint density at radius 2 is 2.00 bits per heavy atom. The van der Waals surface area contributed by atoms with Crippen LogP contribution in [-0.4, -0.2) is 23.2 Å². The number of rotatable bonds is 4. The van der Waals surface area contributed by atoms with Crippen molar-refractivity contribution in [2.24, 2.45) is 0 Å². The van der Waals surface area contributed by atoms with Crippen molar-refractivity contribution in [3.63, 3.8) is 0 Å². The van der Waals surface area contributed by atoms with E-state index in [0.29, 0.717) is 6.54 Å². The SMILES string of the molecule is COc1c(CNC(=O)c2ccc(=O)[nH]n2)cc(C)cc1C(C)(C)C. The van der Waals surface area contributed by atoms with Gasteiger partial charge in [-0.3, -0.25) is 9.59 Å². The van der Waals surface area contributed by atoms with Crippen molar-refractivity contribution in [3.05, 3.63) is 57.0 Å². The normalized spacial score (nSPS) is 11.2. The lowest BCUT2D eigenvalue weighted by Gasteiger charge is -2.25. The molecule has 0 fully saturated rings. The molecule has 2 rings (SSSR count). The van der Waals surface area contributed by atoms with Gasteiger partial charge in [0.05, 0.1) is 7.11 Å². The van der Waals surface area contributed by atoms with Gasteiger partial charge >= 0.3 is 0 Å². The van der Waals surface area contributed by atoms with Crippen LogP contribution in [0.2, 0.25) is 0 Å². The largest absolute Gasteiger partial charge is 0.496 e. The number of carbonyl (C=O) groups is 1. The van der Waals surface area contributed by atoms with Gasteiger partial charge in [0.25, 0.3) is 11.5 Å². The van der Waals surface area contributed by atoms with Gasteiger partial charge in [0.15, 0.2) is 0 Å². The van der Waals surface area contributed by atoms with Crippen molar-refractivity contribution in [3.8, 4) is 5.75 Å². The van der Waals surface area contributed by atoms with Gasteiger partial charge in [-0.25, -0.2) is 5.10 Å². The summed E-state index contributed by atoms with van der Waals surface area (Å²) in [4.78, 5) is 23.2. The van der Waals surface area contributed by atoms with Crippen molar-refractivity contribution in [1.82, 2.24) is 15.5 Å². The number of aromatic amines is 1. The Morgan fingerprint density at radius 3 is 2.54 bits per heavy atom. The molecule has 0 aliphatic rings. The molecule has 0 bridgehead atoms. The molecule has 0 saturated carbocycles. The fraction of sp³-hybridized carbons (Fsp3) is 0.389. The second-order valence-electron chi connectivity index (χ2n) is 6.74. The predicted molar refractivity (Wildman–Crippen MR) is 92.5 cm³/mol. The Balaban J connectivity index is 2.26. The predicted octanol–water partition coefficient (Wildman–Crippen LogP) is 2.31. The minimum absolute atomic E-state index is 0.0728. The standard InChI is InChI=1S/C18H23N3O3/c1-11-8-12(16(24-5)13(9-11)18(2,3)4)10-19-17(23)14-6-7-15(22)21-20-14/h6-9H,10H2,1-5H3,(H,19,23)(H,21,22). The number of H-pyrrole nitrogens is 1. The highest BCUT2D eigenvalue weighted by atomic mass is 16.5. The van der Waals surface area contributed by atoms with Gasteiger partial charge < -0.3 is 10.1 Å². The number of aryl methyl sites for hydroxylation is 1. The summed E-state index contributed by atoms with van der Waals surface area (Å²) in [6, 6.07) is 6.76. The smallest absolute Gasteiger partial charge is 0.271 e. The lowest BCUT2D eigenvalue weighted by Crippen LogP contribution is -2.26. The van der Waals surface area contributed by atoms with Gasteiger partial charge in [0.1, 0.15) is 11.4 Å². The van der Waals surface area contributed by atoms with E-state index in [2.05, 4.69) is 42.4 Å². The molecule has 1 heterocycles. The Labute approximate surface area is 141 Å². The van der Waals surface area contributed by atoms with Crippen molar-refractivity contribution in [1.29, 1.82) is 0 Å². The van der Waals surface area contributed by atoms with Crippen LogP contribution in [0.25, 0.3) is 0 Å². The fourth-order valence-corrected chi connectivity index (χ4v) is 2.51. The third kappa shape index (κ3) is 4.01. The van der Waals surface area contributed by atoms with E-state index in [0.717, 1.165) is 22.4 Å². The van der Waals surface area contributed by atoms with Crippen LogP contribution in [0.15, 0.2) is 29.1 Å². The van der Waals surface area contributed by atoms with E-state index in [1.54, 1.807) is 7.11 Å². The quantitative estimate of drug-likeness (QED) is 0.901. The second kappa shape index (κ2) is 6.86. The zero-order valence-electron chi connectivity index (χ0n) is 14.7. The van der Waals surface area contributed by atoms with E-state index < -0.39 is 0 Å². The van der Waals surface area contributed by atoms with Crippen LogP contribution in [-0.2, 0) is 12.0 Å². The van der Waals surface area contributed by atoms with Gasteiger partial charge in [-0.2, -0.15) is 5.10 Å². The van der Waals surface area contributed by atoms with Crippen LogP contribution >= 0.6 is 0 Å². The maximum atomic E-state index is 12.2. The van der Waals surface area contributed by atoms with E-state index in [-0.39, 0.29) is 22.6 Å². The van der Waals surface area contributed by atoms with Crippen LogP contribution in [0.5, 0.6) is 5.75 Å². The lowest BCUT2D eigenvalue weighted by atomic mass is 9.84. The van der Waals surface area contributed by atoms with Gasteiger partial charge in [0.2, 0.25) is 0 Å². The number of aromatic nitrogens is 2. The molecule has 0 radical (unpaired) electrons. The summed E-state index contributed by atoms with van der Waals surface area (Å²) in [7, 11) is 1.63. The molecule has 0 unspecified atom stereocenters. The topological polar surface area (TPSA) is 84.1 Å². The minimum Gasteiger partial charge on any atom is -0.496 e. The number of hydrogen-bond donors (Lipinski definition) is 2. The number of benzene rings is 1. The third-order valence-corrected chi connectivity index (χ3v) is 3.67. The van der Waals surface area contributed by atoms with Crippen molar-refractivity contribution >= 4 is 5.91 Å². The minimum atomic E-state index is -0.355. The molecular weight excluding hydrogens is 306 g/mol. The molecule has 0 spiro atoms. The van der Waals surface area contributed by atoms with E-state index in [1.165, 1.54) is 12.1 Å². The van der Waals surface area contributed by atoms with Gasteiger partial charge in [0, 0.05) is 23.7 Å². The molecule has 1 aromatic carbocycles. The summed E-state index contributed by atoms with van der Waals surface area (Å²) in [6.07, 6.45) is 0.